The van der Waals surface area contributed by atoms with Crippen LogP contribution < -0.4 is 10.1 Å². The smallest absolute Gasteiger partial charge is 0.337 e. The molecule has 1 aliphatic rings. The highest BCUT2D eigenvalue weighted by atomic mass is 16.5. The molecule has 7 heteroatoms. The molecule has 7 nitrogen and oxygen atoms in total. The fraction of sp³-hybridized carbons (Fsp3) is 0.467. The molecule has 1 heterocycles. The van der Waals surface area contributed by atoms with Crippen LogP contribution in [-0.4, -0.2) is 67.9 Å². The zero-order valence-corrected chi connectivity index (χ0v) is 12.4. The van der Waals surface area contributed by atoms with Crippen molar-refractivity contribution in [1.82, 2.24) is 10.2 Å². The number of ether oxygens (including phenoxy) is 2. The first-order chi connectivity index (χ1) is 10.6. The van der Waals surface area contributed by atoms with Gasteiger partial charge in [-0.2, -0.15) is 0 Å². The highest BCUT2D eigenvalue weighted by Gasteiger charge is 2.19. The van der Waals surface area contributed by atoms with Gasteiger partial charge < -0.3 is 19.9 Å². The number of methoxy groups -OCH3 is 1. The van der Waals surface area contributed by atoms with E-state index in [0.29, 0.717) is 30.9 Å². The van der Waals surface area contributed by atoms with Gasteiger partial charge >= 0.3 is 5.97 Å². The molecule has 2 rings (SSSR count). The SMILES string of the molecule is COC(=O)c1ccc(OCC(O)CN2CCNC(=O)C2)cc1. The molecule has 1 unspecified atom stereocenters. The maximum Gasteiger partial charge on any atom is 0.337 e. The van der Waals surface area contributed by atoms with Gasteiger partial charge in [-0.3, -0.25) is 9.69 Å². The molecule has 0 spiro atoms. The first kappa shape index (κ1) is 16.3. The number of hydrogen-bond donors (Lipinski definition) is 2. The van der Waals surface area contributed by atoms with Crippen LogP contribution >= 0.6 is 0 Å². The van der Waals surface area contributed by atoms with E-state index in [1.807, 2.05) is 4.90 Å². The lowest BCUT2D eigenvalue weighted by atomic mass is 10.2. The first-order valence-corrected chi connectivity index (χ1v) is 7.07. The third kappa shape index (κ3) is 4.71. The monoisotopic (exact) mass is 308 g/mol. The third-order valence-corrected chi connectivity index (χ3v) is 3.30. The van der Waals surface area contributed by atoms with Gasteiger partial charge in [0.25, 0.3) is 0 Å². The number of aliphatic hydroxyl groups is 1. The Morgan fingerprint density at radius 2 is 2.14 bits per heavy atom. The average molecular weight is 308 g/mol. The van der Waals surface area contributed by atoms with Gasteiger partial charge in [0, 0.05) is 19.6 Å². The molecule has 1 amide bonds. The quantitative estimate of drug-likeness (QED) is 0.698. The van der Waals surface area contributed by atoms with Crippen LogP contribution in [0.5, 0.6) is 5.75 Å². The van der Waals surface area contributed by atoms with E-state index < -0.39 is 12.1 Å². The summed E-state index contributed by atoms with van der Waals surface area (Å²) in [6, 6.07) is 6.49. The number of nitrogens with one attached hydrogen (secondary N) is 1. The number of aliphatic hydroxyl groups excluding tert-OH is 1. The first-order valence-electron chi connectivity index (χ1n) is 7.07. The number of β-amino-alcohol motifs (C(OH)–C–C–N with tert-alkyl or cyclic N) is 1. The normalized spacial score (nSPS) is 16.7. The van der Waals surface area contributed by atoms with Crippen LogP contribution in [0.4, 0.5) is 0 Å². The van der Waals surface area contributed by atoms with Gasteiger partial charge in [0.05, 0.1) is 19.2 Å². The summed E-state index contributed by atoms with van der Waals surface area (Å²) in [7, 11) is 1.32. The van der Waals surface area contributed by atoms with Crippen LogP contribution in [0.3, 0.4) is 0 Å². The molecule has 120 valence electrons. The average Bonchev–Trinajstić information content (AvgIpc) is 2.52. The fourth-order valence-corrected chi connectivity index (χ4v) is 2.20. The number of carbonyl (C=O) groups is 2. The van der Waals surface area contributed by atoms with Crippen LogP contribution in [-0.2, 0) is 9.53 Å². The predicted octanol–water partition coefficient (Wildman–Crippen LogP) is -0.355. The van der Waals surface area contributed by atoms with Crippen molar-refractivity contribution in [2.75, 3.05) is 39.9 Å². The van der Waals surface area contributed by atoms with E-state index in [1.54, 1.807) is 24.3 Å². The van der Waals surface area contributed by atoms with Crippen molar-refractivity contribution in [1.29, 1.82) is 0 Å². The topological polar surface area (TPSA) is 88.1 Å². The van der Waals surface area contributed by atoms with Crippen molar-refractivity contribution in [2.24, 2.45) is 0 Å². The van der Waals surface area contributed by atoms with Crippen LogP contribution in [0.1, 0.15) is 10.4 Å². The number of piperazine rings is 1. The lowest BCUT2D eigenvalue weighted by molar-refractivity contribution is -0.124. The molecule has 1 aliphatic heterocycles. The number of rotatable bonds is 6. The number of nitrogens with zero attached hydrogens (tertiary/aromatic N) is 1. The van der Waals surface area contributed by atoms with E-state index >= 15 is 0 Å². The molecule has 22 heavy (non-hydrogen) atoms. The van der Waals surface area contributed by atoms with E-state index in [-0.39, 0.29) is 12.5 Å². The summed E-state index contributed by atoms with van der Waals surface area (Å²) in [5.41, 5.74) is 0.440. The number of hydrogen-bond acceptors (Lipinski definition) is 6. The Bertz CT molecular complexity index is 517. The Balaban J connectivity index is 1.77. The molecular formula is C15H20N2O5. The predicted molar refractivity (Wildman–Crippen MR) is 78.7 cm³/mol. The molecule has 1 aromatic rings. The highest BCUT2D eigenvalue weighted by Crippen LogP contribution is 2.13. The van der Waals surface area contributed by atoms with Gasteiger partial charge in [-0.05, 0) is 24.3 Å². The van der Waals surface area contributed by atoms with Crippen molar-refractivity contribution >= 4 is 11.9 Å². The van der Waals surface area contributed by atoms with Gasteiger partial charge in [0.2, 0.25) is 5.91 Å². The molecule has 0 aromatic heterocycles. The number of benzene rings is 1. The van der Waals surface area contributed by atoms with Crippen molar-refractivity contribution in [3.8, 4) is 5.75 Å². The lowest BCUT2D eigenvalue weighted by Crippen LogP contribution is -2.50. The van der Waals surface area contributed by atoms with Crippen molar-refractivity contribution in [2.45, 2.75) is 6.10 Å². The van der Waals surface area contributed by atoms with E-state index in [0.717, 1.165) is 6.54 Å². The highest BCUT2D eigenvalue weighted by molar-refractivity contribution is 5.89. The van der Waals surface area contributed by atoms with Gasteiger partial charge in [-0.1, -0.05) is 0 Å². The molecule has 0 radical (unpaired) electrons. The molecule has 1 atom stereocenters. The molecule has 0 aliphatic carbocycles. The molecule has 1 saturated heterocycles. The second-order valence-electron chi connectivity index (χ2n) is 5.07. The van der Waals surface area contributed by atoms with Crippen LogP contribution in [0.15, 0.2) is 24.3 Å². The molecule has 2 N–H and O–H groups in total. The van der Waals surface area contributed by atoms with E-state index in [9.17, 15) is 14.7 Å². The summed E-state index contributed by atoms with van der Waals surface area (Å²) in [5, 5.41) is 12.7. The zero-order valence-electron chi connectivity index (χ0n) is 12.4. The Hall–Kier alpha value is -2.12. The summed E-state index contributed by atoms with van der Waals surface area (Å²) in [6.45, 7) is 2.12. The van der Waals surface area contributed by atoms with E-state index in [4.69, 9.17) is 4.74 Å². The van der Waals surface area contributed by atoms with Gasteiger partial charge in [0.1, 0.15) is 18.5 Å². The van der Waals surface area contributed by atoms with Crippen LogP contribution in [0.25, 0.3) is 0 Å². The van der Waals surface area contributed by atoms with Crippen molar-refractivity contribution < 1.29 is 24.2 Å². The molecule has 1 aromatic carbocycles. The van der Waals surface area contributed by atoms with Crippen molar-refractivity contribution in [3.63, 3.8) is 0 Å². The number of carbonyl (C=O) groups excluding carboxylic acids is 2. The van der Waals surface area contributed by atoms with Gasteiger partial charge in [0.15, 0.2) is 0 Å². The minimum absolute atomic E-state index is 0.0298. The molecule has 0 saturated carbocycles. The maximum atomic E-state index is 11.3. The second kappa shape index (κ2) is 7.77. The summed E-state index contributed by atoms with van der Waals surface area (Å²) in [5.74, 6) is 0.121. The standard InChI is InChI=1S/C15H20N2O5/c1-21-15(20)11-2-4-13(5-3-11)22-10-12(18)8-17-7-6-16-14(19)9-17/h2-5,12,18H,6-10H2,1H3,(H,16,19). The van der Waals surface area contributed by atoms with E-state index in [1.165, 1.54) is 7.11 Å². The summed E-state index contributed by atoms with van der Waals surface area (Å²) < 4.78 is 10.1. The lowest BCUT2D eigenvalue weighted by Gasteiger charge is -2.28. The Labute approximate surface area is 128 Å². The zero-order chi connectivity index (χ0) is 15.9. The van der Waals surface area contributed by atoms with Crippen LogP contribution in [0, 0.1) is 0 Å². The Morgan fingerprint density at radius 3 is 2.77 bits per heavy atom. The second-order valence-corrected chi connectivity index (χ2v) is 5.07. The Morgan fingerprint density at radius 1 is 1.41 bits per heavy atom. The molecule has 0 bridgehead atoms. The largest absolute Gasteiger partial charge is 0.491 e. The van der Waals surface area contributed by atoms with Crippen LogP contribution in [0.2, 0.25) is 0 Å². The Kier molecular flexibility index (Phi) is 5.74. The number of esters is 1. The molecular weight excluding hydrogens is 288 g/mol. The van der Waals surface area contributed by atoms with E-state index in [2.05, 4.69) is 10.1 Å². The summed E-state index contributed by atoms with van der Waals surface area (Å²) in [6.07, 6.45) is -0.689. The third-order valence-electron chi connectivity index (χ3n) is 3.30. The minimum atomic E-state index is -0.689. The maximum absolute atomic E-state index is 11.3. The van der Waals surface area contributed by atoms with Crippen molar-refractivity contribution in [3.05, 3.63) is 29.8 Å². The summed E-state index contributed by atoms with van der Waals surface area (Å²) in [4.78, 5) is 24.4. The van der Waals surface area contributed by atoms with Gasteiger partial charge in [-0.15, -0.1) is 0 Å². The summed E-state index contributed by atoms with van der Waals surface area (Å²) >= 11 is 0. The fourth-order valence-electron chi connectivity index (χ4n) is 2.20. The van der Waals surface area contributed by atoms with Gasteiger partial charge in [-0.25, -0.2) is 4.79 Å². The minimum Gasteiger partial charge on any atom is -0.491 e. The number of amides is 1. The molecule has 1 fully saturated rings.